The number of nitrogens with zero attached hydrogens (tertiary/aromatic N) is 3. The number of hydrogen-bond donors (Lipinski definition) is 3. The molecule has 3 N–H and O–H groups in total. The van der Waals surface area contributed by atoms with Gasteiger partial charge in [-0.15, -0.1) is 0 Å². The molecule has 2 aromatic carbocycles. The minimum Gasteiger partial charge on any atom is -0.355 e. The lowest BCUT2D eigenvalue weighted by atomic mass is 10.1. The minimum absolute atomic E-state index is 0.303. The number of fused-ring (bicyclic) bond motifs is 1. The average molecular weight is 402 g/mol. The molecule has 0 aliphatic heterocycles. The van der Waals surface area contributed by atoms with Crippen molar-refractivity contribution in [3.05, 3.63) is 65.5 Å². The summed E-state index contributed by atoms with van der Waals surface area (Å²) in [6.07, 6.45) is 0. The third kappa shape index (κ3) is 3.55. The van der Waals surface area contributed by atoms with Crippen molar-refractivity contribution in [3.8, 4) is 11.4 Å². The highest BCUT2D eigenvalue weighted by molar-refractivity contribution is 6.10. The van der Waals surface area contributed by atoms with Crippen LogP contribution in [-0.2, 0) is 6.54 Å². The number of H-pyrrole nitrogens is 1. The Labute approximate surface area is 173 Å². The molecule has 152 valence electrons. The molecule has 8 nitrogen and oxygen atoms in total. The number of carbonyl (C=O) groups excluding carboxylic acids is 2. The first kappa shape index (κ1) is 19.4. The Balaban J connectivity index is 1.77. The van der Waals surface area contributed by atoms with Crippen LogP contribution in [-0.4, -0.2) is 38.6 Å². The standard InChI is InChI=1S/C22H22N6O2/c1-4-28-19(10-13(2)27-28)22(30)26-16-12-18-17(11-15(16)21(29)23-3)24-20(25-18)14-8-6-5-7-9-14/h5-12H,4H2,1-3H3,(H,23,29)(H,24,25)(H,26,30). The molecule has 0 aliphatic carbocycles. The molecule has 0 atom stereocenters. The van der Waals surface area contributed by atoms with Gasteiger partial charge in [-0.3, -0.25) is 14.3 Å². The molecule has 0 bridgehead atoms. The second-order valence-corrected chi connectivity index (χ2v) is 6.89. The second-order valence-electron chi connectivity index (χ2n) is 6.89. The van der Waals surface area contributed by atoms with Crippen LogP contribution in [0.15, 0.2) is 48.5 Å². The van der Waals surface area contributed by atoms with Crippen LogP contribution < -0.4 is 10.6 Å². The Bertz CT molecular complexity index is 1240. The van der Waals surface area contributed by atoms with Gasteiger partial charge in [-0.25, -0.2) is 4.98 Å². The predicted molar refractivity (Wildman–Crippen MR) is 116 cm³/mol. The van der Waals surface area contributed by atoms with Crippen molar-refractivity contribution < 1.29 is 9.59 Å². The van der Waals surface area contributed by atoms with Gasteiger partial charge < -0.3 is 15.6 Å². The van der Waals surface area contributed by atoms with Crippen molar-refractivity contribution in [1.29, 1.82) is 0 Å². The van der Waals surface area contributed by atoms with Gasteiger partial charge in [0.1, 0.15) is 11.5 Å². The molecule has 0 saturated carbocycles. The zero-order valence-electron chi connectivity index (χ0n) is 17.0. The van der Waals surface area contributed by atoms with E-state index >= 15 is 0 Å². The third-order valence-electron chi connectivity index (χ3n) is 4.82. The molecule has 0 aliphatic rings. The molecule has 2 amide bonds. The van der Waals surface area contributed by atoms with Crippen LogP contribution in [0.4, 0.5) is 5.69 Å². The highest BCUT2D eigenvalue weighted by Crippen LogP contribution is 2.26. The number of imidazole rings is 1. The zero-order chi connectivity index (χ0) is 21.3. The first-order valence-electron chi connectivity index (χ1n) is 9.67. The summed E-state index contributed by atoms with van der Waals surface area (Å²) in [5.41, 5.74) is 4.22. The number of hydrogen-bond acceptors (Lipinski definition) is 4. The highest BCUT2D eigenvalue weighted by atomic mass is 16.2. The van der Waals surface area contributed by atoms with Crippen molar-refractivity contribution in [2.24, 2.45) is 0 Å². The van der Waals surface area contributed by atoms with Crippen molar-refractivity contribution in [2.75, 3.05) is 12.4 Å². The first-order valence-corrected chi connectivity index (χ1v) is 9.67. The smallest absolute Gasteiger partial charge is 0.273 e. The molecule has 0 fully saturated rings. The summed E-state index contributed by atoms with van der Waals surface area (Å²) in [5.74, 6) is 0.0561. The van der Waals surface area contributed by atoms with Gasteiger partial charge in [0.25, 0.3) is 11.8 Å². The zero-order valence-corrected chi connectivity index (χ0v) is 17.0. The summed E-state index contributed by atoms with van der Waals surface area (Å²) >= 11 is 0. The molecule has 8 heteroatoms. The molecular formula is C22H22N6O2. The van der Waals surface area contributed by atoms with Gasteiger partial charge in [-0.2, -0.15) is 5.10 Å². The number of nitrogens with one attached hydrogen (secondary N) is 3. The lowest BCUT2D eigenvalue weighted by Gasteiger charge is -2.11. The van der Waals surface area contributed by atoms with Gasteiger partial charge in [-0.1, -0.05) is 30.3 Å². The molecular weight excluding hydrogens is 380 g/mol. The number of carbonyl (C=O) groups is 2. The van der Waals surface area contributed by atoms with E-state index in [1.165, 1.54) is 0 Å². The van der Waals surface area contributed by atoms with Crippen molar-refractivity contribution in [3.63, 3.8) is 0 Å². The van der Waals surface area contributed by atoms with E-state index < -0.39 is 0 Å². The van der Waals surface area contributed by atoms with Crippen LogP contribution in [0.3, 0.4) is 0 Å². The maximum absolute atomic E-state index is 12.9. The van der Waals surface area contributed by atoms with Gasteiger partial charge in [0, 0.05) is 19.2 Å². The summed E-state index contributed by atoms with van der Waals surface area (Å²) < 4.78 is 1.63. The first-order chi connectivity index (χ1) is 14.5. The topological polar surface area (TPSA) is 105 Å². The maximum atomic E-state index is 12.9. The number of amides is 2. The quantitative estimate of drug-likeness (QED) is 0.476. The van der Waals surface area contributed by atoms with E-state index in [-0.39, 0.29) is 11.8 Å². The molecule has 0 spiro atoms. The molecule has 4 aromatic rings. The molecule has 2 heterocycles. The second kappa shape index (κ2) is 7.82. The predicted octanol–water partition coefficient (Wildman–Crippen LogP) is 3.37. The van der Waals surface area contributed by atoms with Crippen molar-refractivity contribution >= 4 is 28.5 Å². The average Bonchev–Trinajstić information content (AvgIpc) is 3.36. The van der Waals surface area contributed by atoms with Gasteiger partial charge >= 0.3 is 0 Å². The van der Waals surface area contributed by atoms with E-state index in [1.54, 1.807) is 29.9 Å². The Morgan fingerprint density at radius 1 is 1.10 bits per heavy atom. The van der Waals surface area contributed by atoms with Crippen molar-refractivity contribution in [1.82, 2.24) is 25.1 Å². The summed E-state index contributed by atoms with van der Waals surface area (Å²) in [6, 6.07) is 14.8. The van der Waals surface area contributed by atoms with Crippen LogP contribution in [0.1, 0.15) is 33.5 Å². The van der Waals surface area contributed by atoms with E-state index in [4.69, 9.17) is 0 Å². The van der Waals surface area contributed by atoms with Gasteiger partial charge in [0.2, 0.25) is 0 Å². The van der Waals surface area contributed by atoms with Crippen LogP contribution in [0.5, 0.6) is 0 Å². The van der Waals surface area contributed by atoms with Crippen LogP contribution in [0.25, 0.3) is 22.4 Å². The third-order valence-corrected chi connectivity index (χ3v) is 4.82. The number of benzene rings is 2. The fourth-order valence-electron chi connectivity index (χ4n) is 3.37. The van der Waals surface area contributed by atoms with Crippen LogP contribution >= 0.6 is 0 Å². The molecule has 2 aromatic heterocycles. The number of aromatic nitrogens is 4. The van der Waals surface area contributed by atoms with E-state index in [1.807, 2.05) is 44.2 Å². The van der Waals surface area contributed by atoms with Crippen LogP contribution in [0.2, 0.25) is 0 Å². The Kier molecular flexibility index (Phi) is 5.05. The molecule has 4 rings (SSSR count). The van der Waals surface area contributed by atoms with Gasteiger partial charge in [0.15, 0.2) is 0 Å². The normalized spacial score (nSPS) is 10.9. The summed E-state index contributed by atoms with van der Waals surface area (Å²) in [6.45, 7) is 4.32. The summed E-state index contributed by atoms with van der Waals surface area (Å²) in [7, 11) is 1.55. The Hall–Kier alpha value is -3.94. The Morgan fingerprint density at radius 3 is 2.57 bits per heavy atom. The minimum atomic E-state index is -0.333. The fraction of sp³-hybridized carbons (Fsp3) is 0.182. The van der Waals surface area contributed by atoms with E-state index in [9.17, 15) is 9.59 Å². The number of rotatable bonds is 5. The molecule has 0 saturated heterocycles. The fourth-order valence-corrected chi connectivity index (χ4v) is 3.37. The lowest BCUT2D eigenvalue weighted by molar-refractivity contribution is 0.0964. The number of anilines is 1. The van der Waals surface area contributed by atoms with E-state index in [0.29, 0.717) is 40.3 Å². The van der Waals surface area contributed by atoms with Gasteiger partial charge in [-0.05, 0) is 32.0 Å². The molecule has 0 unspecified atom stereocenters. The van der Waals surface area contributed by atoms with Crippen molar-refractivity contribution in [2.45, 2.75) is 20.4 Å². The van der Waals surface area contributed by atoms with E-state index in [0.717, 1.165) is 11.3 Å². The highest BCUT2D eigenvalue weighted by Gasteiger charge is 2.19. The molecule has 30 heavy (non-hydrogen) atoms. The monoisotopic (exact) mass is 402 g/mol. The van der Waals surface area contributed by atoms with Gasteiger partial charge in [0.05, 0.1) is 28.0 Å². The number of aryl methyl sites for hydroxylation is 2. The number of aromatic amines is 1. The van der Waals surface area contributed by atoms with E-state index in [2.05, 4.69) is 25.7 Å². The summed E-state index contributed by atoms with van der Waals surface area (Å²) in [4.78, 5) is 33.3. The summed E-state index contributed by atoms with van der Waals surface area (Å²) in [5, 5.41) is 9.79. The largest absolute Gasteiger partial charge is 0.355 e. The lowest BCUT2D eigenvalue weighted by Crippen LogP contribution is -2.23. The molecule has 0 radical (unpaired) electrons. The SMILES string of the molecule is CCn1nc(C)cc1C(=O)Nc1cc2nc(-c3ccccc3)[nH]c2cc1C(=O)NC. The maximum Gasteiger partial charge on any atom is 0.273 e. The van der Waals surface area contributed by atoms with Crippen LogP contribution in [0, 0.1) is 6.92 Å². The Morgan fingerprint density at radius 2 is 1.87 bits per heavy atom.